The van der Waals surface area contributed by atoms with E-state index >= 15 is 0 Å². The van der Waals surface area contributed by atoms with Crippen LogP contribution < -0.4 is 15.0 Å². The summed E-state index contributed by atoms with van der Waals surface area (Å²) >= 11 is 0. The van der Waals surface area contributed by atoms with Gasteiger partial charge in [0, 0.05) is 43.1 Å². The van der Waals surface area contributed by atoms with E-state index < -0.39 is 0 Å². The maximum absolute atomic E-state index is 12.8. The highest BCUT2D eigenvalue weighted by atomic mass is 16.5. The minimum absolute atomic E-state index is 0.0403. The lowest BCUT2D eigenvalue weighted by molar-refractivity contribution is -0.118. The fourth-order valence-corrected chi connectivity index (χ4v) is 4.28. The molecule has 1 N–H and O–H groups in total. The molecule has 1 fully saturated rings. The molecule has 0 radical (unpaired) electrons. The molecule has 6 heteroatoms. The number of benzene rings is 3. The Morgan fingerprint density at radius 2 is 1.53 bits per heavy atom. The second-order valence-electron chi connectivity index (χ2n) is 9.41. The highest BCUT2D eigenvalue weighted by Gasteiger charge is 2.22. The van der Waals surface area contributed by atoms with Crippen LogP contribution in [0.25, 0.3) is 0 Å². The first-order valence-corrected chi connectivity index (χ1v) is 12.7. The predicted molar refractivity (Wildman–Crippen MR) is 145 cm³/mol. The number of hydrogen-bond donors (Lipinski definition) is 1. The number of piperazine rings is 1. The van der Waals surface area contributed by atoms with Crippen molar-refractivity contribution in [3.63, 3.8) is 0 Å². The molecule has 36 heavy (non-hydrogen) atoms. The average Bonchev–Trinajstić information content (AvgIpc) is 2.92. The Morgan fingerprint density at radius 1 is 0.889 bits per heavy atom. The number of anilines is 2. The lowest BCUT2D eigenvalue weighted by Crippen LogP contribution is -2.48. The van der Waals surface area contributed by atoms with Crippen molar-refractivity contribution in [2.24, 2.45) is 0 Å². The predicted octanol–water partition coefficient (Wildman–Crippen LogP) is 5.49. The van der Waals surface area contributed by atoms with Gasteiger partial charge in [-0.05, 0) is 73.4 Å². The Labute approximate surface area is 213 Å². The number of nitrogens with one attached hydrogen (secondary N) is 1. The normalized spacial score (nSPS) is 14.3. The van der Waals surface area contributed by atoms with Gasteiger partial charge in [0.05, 0.1) is 0 Å². The summed E-state index contributed by atoms with van der Waals surface area (Å²) in [4.78, 5) is 29.3. The molecule has 1 heterocycles. The molecule has 0 aromatic heterocycles. The van der Waals surface area contributed by atoms with Gasteiger partial charge in [-0.1, -0.05) is 43.7 Å². The summed E-state index contributed by atoms with van der Waals surface area (Å²) in [6, 6.07) is 23.5. The van der Waals surface area contributed by atoms with E-state index in [9.17, 15) is 9.59 Å². The molecule has 1 aliphatic heterocycles. The molecule has 4 rings (SSSR count). The van der Waals surface area contributed by atoms with Crippen LogP contribution in [0.4, 0.5) is 11.4 Å². The quantitative estimate of drug-likeness (QED) is 0.458. The van der Waals surface area contributed by atoms with E-state index in [-0.39, 0.29) is 18.4 Å². The third-order valence-corrected chi connectivity index (χ3v) is 6.81. The monoisotopic (exact) mass is 485 g/mol. The second kappa shape index (κ2) is 11.8. The highest BCUT2D eigenvalue weighted by molar-refractivity contribution is 5.94. The zero-order valence-electron chi connectivity index (χ0n) is 21.4. The molecule has 3 aromatic rings. The maximum atomic E-state index is 12.8. The van der Waals surface area contributed by atoms with Crippen LogP contribution in [0.1, 0.15) is 47.7 Å². The number of ether oxygens (including phenoxy) is 1. The molecule has 1 saturated heterocycles. The van der Waals surface area contributed by atoms with Crippen molar-refractivity contribution in [3.8, 4) is 5.75 Å². The van der Waals surface area contributed by atoms with Crippen LogP contribution in [0.2, 0.25) is 0 Å². The van der Waals surface area contributed by atoms with Crippen LogP contribution in [0.5, 0.6) is 5.75 Å². The molecule has 1 atom stereocenters. The highest BCUT2D eigenvalue weighted by Crippen LogP contribution is 2.22. The molecule has 0 spiro atoms. The van der Waals surface area contributed by atoms with Gasteiger partial charge in [0.2, 0.25) is 0 Å². The molecule has 0 saturated carbocycles. The molecule has 1 aliphatic rings. The van der Waals surface area contributed by atoms with Gasteiger partial charge in [0.1, 0.15) is 5.75 Å². The van der Waals surface area contributed by atoms with E-state index in [4.69, 9.17) is 4.74 Å². The van der Waals surface area contributed by atoms with Gasteiger partial charge in [-0.2, -0.15) is 0 Å². The van der Waals surface area contributed by atoms with Crippen LogP contribution in [0.3, 0.4) is 0 Å². The molecular formula is C30H35N3O3. The molecule has 0 aliphatic carbocycles. The van der Waals surface area contributed by atoms with Crippen molar-refractivity contribution in [2.45, 2.75) is 33.1 Å². The topological polar surface area (TPSA) is 61.9 Å². The first-order chi connectivity index (χ1) is 17.4. The summed E-state index contributed by atoms with van der Waals surface area (Å²) in [5.41, 5.74) is 4.96. The first kappa shape index (κ1) is 25.3. The minimum atomic E-state index is -0.197. The molecule has 188 valence electrons. The van der Waals surface area contributed by atoms with E-state index in [2.05, 4.69) is 36.2 Å². The van der Waals surface area contributed by atoms with Gasteiger partial charge < -0.3 is 19.9 Å². The van der Waals surface area contributed by atoms with Crippen LogP contribution >= 0.6 is 0 Å². The fourth-order valence-electron chi connectivity index (χ4n) is 4.28. The van der Waals surface area contributed by atoms with Crippen LogP contribution in [-0.2, 0) is 4.79 Å². The van der Waals surface area contributed by atoms with Crippen molar-refractivity contribution in [1.82, 2.24) is 4.90 Å². The van der Waals surface area contributed by atoms with Crippen molar-refractivity contribution in [1.29, 1.82) is 0 Å². The lowest BCUT2D eigenvalue weighted by atomic mass is 9.99. The number of aryl methyl sites for hydroxylation is 1. The zero-order valence-corrected chi connectivity index (χ0v) is 21.4. The van der Waals surface area contributed by atoms with Gasteiger partial charge in [-0.25, -0.2) is 0 Å². The first-order valence-electron chi connectivity index (χ1n) is 12.7. The van der Waals surface area contributed by atoms with Gasteiger partial charge in [0.15, 0.2) is 6.61 Å². The number of carbonyl (C=O) groups excluding carboxylic acids is 2. The van der Waals surface area contributed by atoms with Crippen molar-refractivity contribution < 1.29 is 14.3 Å². The average molecular weight is 486 g/mol. The molecule has 6 nitrogen and oxygen atoms in total. The molecule has 2 amide bonds. The van der Waals surface area contributed by atoms with Gasteiger partial charge in [-0.3, -0.25) is 9.59 Å². The summed E-state index contributed by atoms with van der Waals surface area (Å²) in [5.74, 6) is 1.08. The second-order valence-corrected chi connectivity index (χ2v) is 9.41. The summed E-state index contributed by atoms with van der Waals surface area (Å²) in [6.07, 6.45) is 1.09. The van der Waals surface area contributed by atoms with Crippen LogP contribution in [0.15, 0.2) is 72.8 Å². The van der Waals surface area contributed by atoms with Crippen molar-refractivity contribution in [3.05, 3.63) is 89.5 Å². The van der Waals surface area contributed by atoms with Crippen LogP contribution in [-0.4, -0.2) is 49.5 Å². The van der Waals surface area contributed by atoms with E-state index in [0.717, 1.165) is 42.0 Å². The third-order valence-electron chi connectivity index (χ3n) is 6.81. The number of carbonyl (C=O) groups is 2. The van der Waals surface area contributed by atoms with E-state index in [0.29, 0.717) is 24.8 Å². The largest absolute Gasteiger partial charge is 0.484 e. The standard InChI is InChI=1S/C30H35N3O3/c1-4-23(3)24-9-15-28(16-10-24)36-21-29(34)31-26-11-13-27(14-12-26)32-17-19-33(20-18-32)30(35)25-7-5-22(2)6-8-25/h5-16,23H,4,17-21H2,1-3H3,(H,31,34)/t23-/m1/s1. The summed E-state index contributed by atoms with van der Waals surface area (Å²) < 4.78 is 5.64. The SMILES string of the molecule is CC[C@@H](C)c1ccc(OCC(=O)Nc2ccc(N3CCN(C(=O)c4ccc(C)cc4)CC3)cc2)cc1. The van der Waals surface area contributed by atoms with Gasteiger partial charge in [-0.15, -0.1) is 0 Å². The number of amides is 2. The Hall–Kier alpha value is -3.80. The van der Waals surface area contributed by atoms with E-state index in [1.807, 2.05) is 72.5 Å². The number of nitrogens with zero attached hydrogens (tertiary/aromatic N) is 2. The molecule has 0 unspecified atom stereocenters. The maximum Gasteiger partial charge on any atom is 0.262 e. The van der Waals surface area contributed by atoms with Gasteiger partial charge >= 0.3 is 0 Å². The number of rotatable bonds is 8. The zero-order chi connectivity index (χ0) is 25.5. The molecule has 0 bridgehead atoms. The third kappa shape index (κ3) is 6.45. The van der Waals surface area contributed by atoms with E-state index in [1.165, 1.54) is 5.56 Å². The summed E-state index contributed by atoms with van der Waals surface area (Å²) in [7, 11) is 0. The van der Waals surface area contributed by atoms with Crippen molar-refractivity contribution >= 4 is 23.2 Å². The molecular weight excluding hydrogens is 450 g/mol. The summed E-state index contributed by atoms with van der Waals surface area (Å²) in [6.45, 7) is 9.25. The fraction of sp³-hybridized carbons (Fsp3) is 0.333. The lowest BCUT2D eigenvalue weighted by Gasteiger charge is -2.36. The van der Waals surface area contributed by atoms with E-state index in [1.54, 1.807) is 0 Å². The minimum Gasteiger partial charge on any atom is -0.484 e. The van der Waals surface area contributed by atoms with Gasteiger partial charge in [0.25, 0.3) is 11.8 Å². The Balaban J connectivity index is 1.23. The Morgan fingerprint density at radius 3 is 2.14 bits per heavy atom. The smallest absolute Gasteiger partial charge is 0.262 e. The van der Waals surface area contributed by atoms with Crippen molar-refractivity contribution in [2.75, 3.05) is 43.0 Å². The Bertz CT molecular complexity index is 1150. The summed E-state index contributed by atoms with van der Waals surface area (Å²) in [5, 5.41) is 2.89. The van der Waals surface area contributed by atoms with Crippen LogP contribution in [0, 0.1) is 6.92 Å². The molecule has 3 aromatic carbocycles. The Kier molecular flexibility index (Phi) is 8.26. The number of hydrogen-bond acceptors (Lipinski definition) is 4.